The first-order valence-electron chi connectivity index (χ1n) is 6.11. The Balaban J connectivity index is 2.26. The van der Waals surface area contributed by atoms with Crippen LogP contribution in [0.5, 0.6) is 0 Å². The highest BCUT2D eigenvalue weighted by atomic mass is 35.5. The van der Waals surface area contributed by atoms with Crippen LogP contribution in [-0.4, -0.2) is 64.9 Å². The van der Waals surface area contributed by atoms with Gasteiger partial charge in [0, 0.05) is 0 Å². The van der Waals surface area contributed by atoms with E-state index in [1.165, 1.54) is 0 Å². The molecule has 0 aliphatic carbocycles. The summed E-state index contributed by atoms with van der Waals surface area (Å²) in [6, 6.07) is 0. The van der Waals surface area contributed by atoms with Gasteiger partial charge in [-0.1, -0.05) is 0 Å². The van der Waals surface area contributed by atoms with Crippen LogP contribution in [0, 0.1) is 0 Å². The molecule has 3 heterocycles. The van der Waals surface area contributed by atoms with Gasteiger partial charge in [-0.2, -0.15) is 4.98 Å². The molecule has 2 aromatic heterocycles. The summed E-state index contributed by atoms with van der Waals surface area (Å²) in [7, 11) is 0. The number of nitrogens with one attached hydrogen (secondary N) is 1. The number of halogens is 1. The molecule has 4 atom stereocenters. The number of aromatic nitrogens is 4. The summed E-state index contributed by atoms with van der Waals surface area (Å²) in [6.07, 6.45) is -4.74. The van der Waals surface area contributed by atoms with Crippen LogP contribution < -0.4 is 11.3 Å². The van der Waals surface area contributed by atoms with Crippen LogP contribution in [0.25, 0.3) is 11.2 Å². The monoisotopic (exact) mass is 333 g/mol. The van der Waals surface area contributed by atoms with Crippen molar-refractivity contribution in [3.05, 3.63) is 15.6 Å². The smallest absolute Gasteiger partial charge is 0.287 e. The molecule has 7 N–H and O–H groups in total. The summed E-state index contributed by atoms with van der Waals surface area (Å²) in [5.74, 6) is -2.85. The number of imidazole rings is 1. The number of fused-ring (bicyclic) bond motifs is 1. The van der Waals surface area contributed by atoms with E-state index in [4.69, 9.17) is 27.2 Å². The minimum Gasteiger partial charge on any atom is -0.394 e. The van der Waals surface area contributed by atoms with Gasteiger partial charge in [-0.3, -0.25) is 9.78 Å². The number of aromatic amines is 1. The highest BCUT2D eigenvalue weighted by Crippen LogP contribution is 2.37. The van der Waals surface area contributed by atoms with Gasteiger partial charge in [0.2, 0.25) is 11.2 Å². The van der Waals surface area contributed by atoms with Crippen LogP contribution >= 0.6 is 11.6 Å². The number of hydrogen-bond acceptors (Lipinski definition) is 9. The van der Waals surface area contributed by atoms with Crippen LogP contribution in [0.1, 0.15) is 0 Å². The van der Waals surface area contributed by atoms with E-state index in [-0.39, 0.29) is 17.1 Å². The Morgan fingerprint density at radius 2 is 2.14 bits per heavy atom. The lowest BCUT2D eigenvalue weighted by molar-refractivity contribution is -0.286. The molecule has 2 aromatic rings. The maximum absolute atomic E-state index is 11.8. The van der Waals surface area contributed by atoms with E-state index in [1.807, 2.05) is 0 Å². The van der Waals surface area contributed by atoms with Gasteiger partial charge in [-0.25, -0.2) is 9.55 Å². The Hall–Kier alpha value is -1.76. The number of aliphatic hydroxyl groups is 4. The van der Waals surface area contributed by atoms with Gasteiger partial charge in [0.05, 0.1) is 6.61 Å². The van der Waals surface area contributed by atoms with E-state index in [1.54, 1.807) is 0 Å². The Kier molecular flexibility index (Phi) is 3.36. The summed E-state index contributed by atoms with van der Waals surface area (Å²) in [4.78, 5) is 21.5. The molecule has 22 heavy (non-hydrogen) atoms. The van der Waals surface area contributed by atoms with E-state index in [2.05, 4.69) is 15.0 Å². The molecule has 0 spiro atoms. The van der Waals surface area contributed by atoms with Crippen molar-refractivity contribution in [1.82, 2.24) is 19.5 Å². The number of aliphatic hydroxyl groups excluding tert-OH is 3. The zero-order valence-electron chi connectivity index (χ0n) is 10.8. The molecule has 1 saturated heterocycles. The Labute approximate surface area is 126 Å². The van der Waals surface area contributed by atoms with E-state index < -0.39 is 41.7 Å². The molecule has 1 aliphatic heterocycles. The van der Waals surface area contributed by atoms with Crippen LogP contribution in [-0.2, 0) is 10.6 Å². The number of ether oxygens (including phenoxy) is 1. The van der Waals surface area contributed by atoms with Crippen LogP contribution in [0.2, 0.25) is 5.28 Å². The van der Waals surface area contributed by atoms with Gasteiger partial charge in [0.25, 0.3) is 11.5 Å². The van der Waals surface area contributed by atoms with Crippen molar-refractivity contribution < 1.29 is 25.2 Å². The Bertz CT molecular complexity index is 792. The Morgan fingerprint density at radius 3 is 2.73 bits per heavy atom. The zero-order valence-corrected chi connectivity index (χ0v) is 11.6. The minimum absolute atomic E-state index is 0.245. The first kappa shape index (κ1) is 15.1. The molecule has 3 rings (SSSR count). The molecular formula is C10H12ClN5O6. The summed E-state index contributed by atoms with van der Waals surface area (Å²) in [6.45, 7) is -0.666. The van der Waals surface area contributed by atoms with Gasteiger partial charge in [0.15, 0.2) is 17.3 Å². The second kappa shape index (κ2) is 4.87. The largest absolute Gasteiger partial charge is 0.394 e. The standard InChI is InChI=1S/C10H12ClN5O6/c11-8-13-3-6(14-9(12)15-7(3)20)16(8)10(21)5(19)4(18)2(1-17)22-10/h2,4-5,17-19,21H,1H2,(H3,12,14,15,20)/t2-,4-,5-,10-/m1/s1. The summed E-state index contributed by atoms with van der Waals surface area (Å²) in [5, 5.41) is 39.0. The second-order valence-electron chi connectivity index (χ2n) is 4.77. The lowest BCUT2D eigenvalue weighted by Crippen LogP contribution is -2.45. The number of anilines is 1. The fourth-order valence-electron chi connectivity index (χ4n) is 2.36. The fourth-order valence-corrected chi connectivity index (χ4v) is 2.65. The van der Waals surface area contributed by atoms with E-state index in [0.29, 0.717) is 0 Å². The summed E-state index contributed by atoms with van der Waals surface area (Å²) >= 11 is 5.89. The van der Waals surface area contributed by atoms with Gasteiger partial charge in [-0.05, 0) is 11.6 Å². The SMILES string of the molecule is Nc1nc2c(nc(Cl)n2[C@]2(O)O[C@H](CO)[C@@H](O)[C@H]2O)c(=O)[nH]1. The van der Waals surface area contributed by atoms with Crippen molar-refractivity contribution >= 4 is 28.7 Å². The maximum atomic E-state index is 11.8. The van der Waals surface area contributed by atoms with Gasteiger partial charge >= 0.3 is 0 Å². The molecule has 12 heteroatoms. The number of nitrogen functional groups attached to an aromatic ring is 1. The zero-order chi connectivity index (χ0) is 16.2. The molecule has 0 bridgehead atoms. The van der Waals surface area contributed by atoms with E-state index in [9.17, 15) is 20.1 Å². The average Bonchev–Trinajstić information content (AvgIpc) is 2.89. The number of hydrogen-bond donors (Lipinski definition) is 6. The third-order valence-electron chi connectivity index (χ3n) is 3.41. The first-order valence-corrected chi connectivity index (χ1v) is 6.48. The van der Waals surface area contributed by atoms with Gasteiger partial charge < -0.3 is 30.9 Å². The second-order valence-corrected chi connectivity index (χ2v) is 5.11. The fraction of sp³-hybridized carbons (Fsp3) is 0.500. The molecular weight excluding hydrogens is 322 g/mol. The molecule has 1 aliphatic rings. The van der Waals surface area contributed by atoms with Crippen LogP contribution in [0.15, 0.2) is 4.79 Å². The molecule has 0 aromatic carbocycles. The first-order chi connectivity index (χ1) is 10.3. The van der Waals surface area contributed by atoms with Crippen molar-refractivity contribution in [2.45, 2.75) is 24.2 Å². The predicted octanol–water partition coefficient (Wildman–Crippen LogP) is -2.93. The molecule has 0 amide bonds. The number of nitrogens with zero attached hydrogens (tertiary/aromatic N) is 3. The average molecular weight is 334 g/mol. The van der Waals surface area contributed by atoms with Crippen molar-refractivity contribution in [2.75, 3.05) is 12.3 Å². The lowest BCUT2D eigenvalue weighted by Gasteiger charge is -2.27. The van der Waals surface area contributed by atoms with Gasteiger partial charge in [-0.15, -0.1) is 0 Å². The van der Waals surface area contributed by atoms with Crippen molar-refractivity contribution in [1.29, 1.82) is 0 Å². The Morgan fingerprint density at radius 1 is 1.45 bits per heavy atom. The number of H-pyrrole nitrogens is 1. The highest BCUT2D eigenvalue weighted by Gasteiger charge is 2.56. The van der Waals surface area contributed by atoms with Crippen molar-refractivity contribution in [3.8, 4) is 0 Å². The van der Waals surface area contributed by atoms with Gasteiger partial charge in [0.1, 0.15) is 12.2 Å². The molecule has 1 fully saturated rings. The van der Waals surface area contributed by atoms with E-state index in [0.717, 1.165) is 4.57 Å². The molecule has 0 unspecified atom stereocenters. The topological polar surface area (TPSA) is 180 Å². The third-order valence-corrected chi connectivity index (χ3v) is 3.66. The summed E-state index contributed by atoms with van der Waals surface area (Å²) < 4.78 is 5.81. The molecule has 120 valence electrons. The van der Waals surface area contributed by atoms with E-state index >= 15 is 0 Å². The van der Waals surface area contributed by atoms with Crippen LogP contribution in [0.4, 0.5) is 5.95 Å². The predicted molar refractivity (Wildman–Crippen MR) is 71.7 cm³/mol. The maximum Gasteiger partial charge on any atom is 0.287 e. The van der Waals surface area contributed by atoms with Crippen LogP contribution in [0.3, 0.4) is 0 Å². The lowest BCUT2D eigenvalue weighted by atomic mass is 10.1. The normalized spacial score (nSPS) is 32.0. The molecule has 0 radical (unpaired) electrons. The number of rotatable bonds is 2. The van der Waals surface area contributed by atoms with Crippen molar-refractivity contribution in [2.24, 2.45) is 0 Å². The molecule has 11 nitrogen and oxygen atoms in total. The van der Waals surface area contributed by atoms with Crippen molar-refractivity contribution in [3.63, 3.8) is 0 Å². The summed E-state index contributed by atoms with van der Waals surface area (Å²) in [5.41, 5.74) is 4.23. The third kappa shape index (κ3) is 1.91. The quantitative estimate of drug-likeness (QED) is 0.313. The highest BCUT2D eigenvalue weighted by molar-refractivity contribution is 6.29. The minimum atomic E-state index is -2.58. The molecule has 0 saturated carbocycles. The number of nitrogens with two attached hydrogens (primary N) is 1.